The summed E-state index contributed by atoms with van der Waals surface area (Å²) < 4.78 is 1.39. The zero-order valence-electron chi connectivity index (χ0n) is 13.2. The van der Waals surface area contributed by atoms with E-state index in [4.69, 9.17) is 0 Å². The van der Waals surface area contributed by atoms with Gasteiger partial charge in [-0.25, -0.2) is 0 Å². The van der Waals surface area contributed by atoms with Gasteiger partial charge in [0, 0.05) is 11.8 Å². The van der Waals surface area contributed by atoms with Crippen molar-refractivity contribution in [3.05, 3.63) is 54.1 Å². The zero-order chi connectivity index (χ0) is 18.5. The van der Waals surface area contributed by atoms with Gasteiger partial charge in [0.05, 0.1) is 17.4 Å². The van der Waals surface area contributed by atoms with E-state index in [2.05, 4.69) is 20.8 Å². The predicted octanol–water partition coefficient (Wildman–Crippen LogP) is 0.462. The van der Waals surface area contributed by atoms with Crippen molar-refractivity contribution in [3.8, 4) is 11.4 Å². The first-order valence-electron chi connectivity index (χ1n) is 7.35. The van der Waals surface area contributed by atoms with Crippen LogP contribution in [-0.4, -0.2) is 42.9 Å². The first kappa shape index (κ1) is 17.4. The normalized spacial score (nSPS) is 10.5. The van der Waals surface area contributed by atoms with Crippen LogP contribution in [0.2, 0.25) is 0 Å². The second-order valence-electron chi connectivity index (χ2n) is 5.09. The molecule has 0 saturated carbocycles. The number of nitrogens with one attached hydrogen (secondary N) is 1. The van der Waals surface area contributed by atoms with Crippen LogP contribution in [0.1, 0.15) is 10.4 Å². The lowest BCUT2D eigenvalue weighted by Gasteiger charge is -2.07. The molecule has 1 amide bonds. The zero-order valence-corrected chi connectivity index (χ0v) is 14.0. The van der Waals surface area contributed by atoms with Crippen molar-refractivity contribution in [1.29, 1.82) is 0 Å². The quantitative estimate of drug-likeness (QED) is 0.598. The maximum atomic E-state index is 12.0. The summed E-state index contributed by atoms with van der Waals surface area (Å²) in [5.74, 6) is -1.46. The van der Waals surface area contributed by atoms with E-state index < -0.39 is 5.97 Å². The maximum absolute atomic E-state index is 12.0. The van der Waals surface area contributed by atoms with Crippen LogP contribution in [0.4, 0.5) is 5.69 Å². The standard InChI is InChI=1S/C16H13N5O4S/c22-13-3-1-2-11(8-13)17-14(23)9-26-16-18-19-20-21(16)12-6-4-10(5-7-12)15(24)25/h1-8,22H,9H2,(H,17,23)(H,24,25)/p-1. The Balaban J connectivity index is 1.65. The molecule has 0 aliphatic heterocycles. The highest BCUT2D eigenvalue weighted by Crippen LogP contribution is 2.20. The highest BCUT2D eigenvalue weighted by atomic mass is 32.2. The minimum Gasteiger partial charge on any atom is -0.545 e. The van der Waals surface area contributed by atoms with Gasteiger partial charge in [-0.1, -0.05) is 30.0 Å². The Hall–Kier alpha value is -3.40. The smallest absolute Gasteiger partial charge is 0.234 e. The average molecular weight is 370 g/mol. The summed E-state index contributed by atoms with van der Waals surface area (Å²) in [6.07, 6.45) is 0. The van der Waals surface area contributed by atoms with Crippen LogP contribution in [0.3, 0.4) is 0 Å². The number of rotatable bonds is 6. The largest absolute Gasteiger partial charge is 0.545 e. The Labute approximate surface area is 151 Å². The third kappa shape index (κ3) is 4.16. The van der Waals surface area contributed by atoms with E-state index in [9.17, 15) is 19.8 Å². The Bertz CT molecular complexity index is 942. The molecule has 1 heterocycles. The SMILES string of the molecule is O=C(CSc1nnnn1-c1ccc(C(=O)[O-])cc1)Nc1cccc(O)c1. The molecular formula is C16H12N5O4S-. The number of hydrogen-bond acceptors (Lipinski definition) is 8. The lowest BCUT2D eigenvalue weighted by molar-refractivity contribution is -0.255. The molecule has 0 unspecified atom stereocenters. The molecule has 10 heteroatoms. The Morgan fingerprint density at radius 1 is 1.19 bits per heavy atom. The highest BCUT2D eigenvalue weighted by molar-refractivity contribution is 7.99. The molecule has 2 N–H and O–H groups in total. The van der Waals surface area contributed by atoms with Gasteiger partial charge in [-0.05, 0) is 40.3 Å². The summed E-state index contributed by atoms with van der Waals surface area (Å²) in [6.45, 7) is 0. The molecular weight excluding hydrogens is 358 g/mol. The number of carbonyl (C=O) groups excluding carboxylic acids is 2. The van der Waals surface area contributed by atoms with E-state index in [1.54, 1.807) is 24.3 Å². The van der Waals surface area contributed by atoms with Gasteiger partial charge in [0.15, 0.2) is 0 Å². The first-order chi connectivity index (χ1) is 12.5. The van der Waals surface area contributed by atoms with Gasteiger partial charge in [0.1, 0.15) is 5.75 Å². The van der Waals surface area contributed by atoms with Crippen LogP contribution in [0.15, 0.2) is 53.7 Å². The molecule has 2 aromatic carbocycles. The fraction of sp³-hybridized carbons (Fsp3) is 0.0625. The monoisotopic (exact) mass is 370 g/mol. The molecule has 0 spiro atoms. The van der Waals surface area contributed by atoms with E-state index in [0.717, 1.165) is 11.8 Å². The van der Waals surface area contributed by atoms with Crippen molar-refractivity contribution >= 4 is 29.3 Å². The van der Waals surface area contributed by atoms with Crippen LogP contribution in [-0.2, 0) is 4.79 Å². The van der Waals surface area contributed by atoms with E-state index in [-0.39, 0.29) is 23.0 Å². The van der Waals surface area contributed by atoms with Crippen LogP contribution < -0.4 is 10.4 Å². The summed E-state index contributed by atoms with van der Waals surface area (Å²) in [4.78, 5) is 22.8. The van der Waals surface area contributed by atoms with E-state index in [0.29, 0.717) is 16.5 Å². The minimum absolute atomic E-state index is 0.0431. The third-order valence-electron chi connectivity index (χ3n) is 3.25. The number of aromatic hydroxyl groups is 1. The van der Waals surface area contributed by atoms with Crippen LogP contribution >= 0.6 is 11.8 Å². The topological polar surface area (TPSA) is 133 Å². The van der Waals surface area contributed by atoms with Crippen molar-refractivity contribution in [2.24, 2.45) is 0 Å². The molecule has 0 fully saturated rings. The maximum Gasteiger partial charge on any atom is 0.234 e. The number of benzene rings is 2. The van der Waals surface area contributed by atoms with Gasteiger partial charge >= 0.3 is 0 Å². The van der Waals surface area contributed by atoms with Gasteiger partial charge in [-0.3, -0.25) is 4.79 Å². The van der Waals surface area contributed by atoms with Crippen LogP contribution in [0.5, 0.6) is 5.75 Å². The molecule has 3 aromatic rings. The van der Waals surface area contributed by atoms with Crippen molar-refractivity contribution < 1.29 is 19.8 Å². The predicted molar refractivity (Wildman–Crippen MR) is 90.9 cm³/mol. The van der Waals surface area contributed by atoms with Gasteiger partial charge in [-0.15, -0.1) is 5.10 Å². The number of aromatic carboxylic acids is 1. The van der Waals surface area contributed by atoms with Crippen molar-refractivity contribution in [2.45, 2.75) is 5.16 Å². The molecule has 0 radical (unpaired) electrons. The van der Waals surface area contributed by atoms with Gasteiger partial charge < -0.3 is 20.3 Å². The molecule has 0 saturated heterocycles. The first-order valence-corrected chi connectivity index (χ1v) is 8.33. The Kier molecular flexibility index (Phi) is 5.13. The number of phenolic OH excluding ortho intramolecular Hbond substituents is 1. The summed E-state index contributed by atoms with van der Waals surface area (Å²) >= 11 is 1.11. The molecule has 3 rings (SSSR count). The molecule has 0 bridgehead atoms. The second-order valence-corrected chi connectivity index (χ2v) is 6.04. The number of phenols is 1. The number of thioether (sulfide) groups is 1. The highest BCUT2D eigenvalue weighted by Gasteiger charge is 2.12. The van der Waals surface area contributed by atoms with Crippen molar-refractivity contribution in [2.75, 3.05) is 11.1 Å². The van der Waals surface area contributed by atoms with Gasteiger partial charge in [-0.2, -0.15) is 4.68 Å². The summed E-state index contributed by atoms with van der Waals surface area (Å²) in [6, 6.07) is 12.1. The number of anilines is 1. The molecule has 1 aromatic heterocycles. The number of carboxylic acids is 1. The molecule has 0 aliphatic rings. The summed E-state index contributed by atoms with van der Waals surface area (Å²) in [5, 5.41) is 34.5. The number of amides is 1. The molecule has 26 heavy (non-hydrogen) atoms. The molecule has 0 atom stereocenters. The van der Waals surface area contributed by atoms with Crippen LogP contribution in [0.25, 0.3) is 5.69 Å². The van der Waals surface area contributed by atoms with E-state index >= 15 is 0 Å². The van der Waals surface area contributed by atoms with E-state index in [1.807, 2.05) is 0 Å². The fourth-order valence-corrected chi connectivity index (χ4v) is 2.77. The minimum atomic E-state index is -1.27. The van der Waals surface area contributed by atoms with Gasteiger partial charge in [0.2, 0.25) is 11.1 Å². The second kappa shape index (κ2) is 7.66. The molecule has 0 aliphatic carbocycles. The number of carbonyl (C=O) groups is 2. The molecule has 132 valence electrons. The van der Waals surface area contributed by atoms with Gasteiger partial charge in [0.25, 0.3) is 0 Å². The third-order valence-corrected chi connectivity index (χ3v) is 4.17. The summed E-state index contributed by atoms with van der Waals surface area (Å²) in [5.41, 5.74) is 1.07. The Morgan fingerprint density at radius 2 is 1.96 bits per heavy atom. The number of carboxylic acid groups (broad SMARTS) is 1. The van der Waals surface area contributed by atoms with Crippen molar-refractivity contribution in [3.63, 3.8) is 0 Å². The summed E-state index contributed by atoms with van der Waals surface area (Å²) in [7, 11) is 0. The number of hydrogen-bond donors (Lipinski definition) is 2. The Morgan fingerprint density at radius 3 is 2.65 bits per heavy atom. The average Bonchev–Trinajstić information content (AvgIpc) is 3.08. The fourth-order valence-electron chi connectivity index (χ4n) is 2.08. The van der Waals surface area contributed by atoms with E-state index in [1.165, 1.54) is 28.9 Å². The lowest BCUT2D eigenvalue weighted by Crippen LogP contribution is -2.22. The number of nitrogens with zero attached hydrogens (tertiary/aromatic N) is 4. The number of aromatic nitrogens is 4. The lowest BCUT2D eigenvalue weighted by atomic mass is 10.2. The molecule has 9 nitrogen and oxygen atoms in total. The van der Waals surface area contributed by atoms with Crippen LogP contribution in [0, 0.1) is 0 Å². The number of tetrazole rings is 1. The van der Waals surface area contributed by atoms with Crippen molar-refractivity contribution in [1.82, 2.24) is 20.2 Å².